The van der Waals surface area contributed by atoms with Crippen LogP contribution in [0.3, 0.4) is 0 Å². The number of nitrogens with zero attached hydrogens (tertiary/aromatic N) is 1. The van der Waals surface area contributed by atoms with Crippen molar-refractivity contribution in [3.05, 3.63) is 63.3 Å². The number of rotatable bonds is 1. The number of fused-ring (bicyclic) bond motifs is 2. The van der Waals surface area contributed by atoms with Gasteiger partial charge >= 0.3 is 0 Å². The van der Waals surface area contributed by atoms with E-state index >= 15 is 0 Å². The van der Waals surface area contributed by atoms with E-state index in [0.717, 1.165) is 11.3 Å². The molecule has 0 radical (unpaired) electrons. The molecule has 0 fully saturated rings. The van der Waals surface area contributed by atoms with Gasteiger partial charge in [0, 0.05) is 11.1 Å². The first-order valence-electron chi connectivity index (χ1n) is 6.10. The van der Waals surface area contributed by atoms with Gasteiger partial charge in [-0.3, -0.25) is 9.59 Å². The van der Waals surface area contributed by atoms with Gasteiger partial charge in [-0.2, -0.15) is 0 Å². The minimum absolute atomic E-state index is 0.179. The van der Waals surface area contributed by atoms with Gasteiger partial charge in [-0.1, -0.05) is 24.3 Å². The maximum absolute atomic E-state index is 12.5. The third-order valence-corrected chi connectivity index (χ3v) is 4.52. The van der Waals surface area contributed by atoms with E-state index in [9.17, 15) is 9.59 Å². The second-order valence-electron chi connectivity index (χ2n) is 4.50. The number of carbonyl (C=O) groups excluding carboxylic acids is 2. The molecule has 4 nitrogen and oxygen atoms in total. The first-order valence-corrected chi connectivity index (χ1v) is 7.29. The molecule has 1 aliphatic rings. The van der Waals surface area contributed by atoms with Crippen molar-refractivity contribution < 1.29 is 14.0 Å². The highest BCUT2D eigenvalue weighted by atomic mass is 35.5. The van der Waals surface area contributed by atoms with Crippen LogP contribution in [0.4, 0.5) is 0 Å². The normalized spacial score (nSPS) is 13.2. The van der Waals surface area contributed by atoms with E-state index in [1.54, 1.807) is 36.4 Å². The summed E-state index contributed by atoms with van der Waals surface area (Å²) in [7, 11) is 0. The lowest BCUT2D eigenvalue weighted by Crippen LogP contribution is -2.19. The average molecular weight is 316 g/mol. The molecule has 0 saturated heterocycles. The van der Waals surface area contributed by atoms with Crippen LogP contribution in [0.2, 0.25) is 5.22 Å². The Bertz CT molecular complexity index is 857. The summed E-state index contributed by atoms with van der Waals surface area (Å²) in [5, 5.41) is 0.709. The Balaban J connectivity index is 1.91. The van der Waals surface area contributed by atoms with Crippen LogP contribution in [0.15, 0.2) is 40.8 Å². The molecule has 21 heavy (non-hydrogen) atoms. The molecule has 4 rings (SSSR count). The smallest absolute Gasteiger partial charge is 0.213 e. The summed E-state index contributed by atoms with van der Waals surface area (Å²) in [6, 6.07) is 10.0. The summed E-state index contributed by atoms with van der Waals surface area (Å²) >= 11 is 6.89. The first kappa shape index (κ1) is 12.5. The number of carbonyl (C=O) groups is 2. The fraction of sp³-hybridized carbons (Fsp3) is 0. The highest BCUT2D eigenvalue weighted by molar-refractivity contribution is 7.17. The zero-order valence-corrected chi connectivity index (χ0v) is 12.0. The molecule has 0 N–H and O–H groups in total. The highest BCUT2D eigenvalue weighted by Gasteiger charge is 2.33. The predicted octanol–water partition coefficient (Wildman–Crippen LogP) is 3.83. The molecule has 0 saturated carbocycles. The Kier molecular flexibility index (Phi) is 2.60. The molecule has 1 aromatic carbocycles. The van der Waals surface area contributed by atoms with Crippen molar-refractivity contribution in [1.29, 1.82) is 0 Å². The SMILES string of the molecule is O=C1c2ccccc2C(=O)c2sc(-c3ccc(Cl)o3)nc21. The van der Waals surface area contributed by atoms with Gasteiger partial charge in [0.1, 0.15) is 10.6 Å². The van der Waals surface area contributed by atoms with E-state index in [0.29, 0.717) is 26.8 Å². The topological polar surface area (TPSA) is 60.2 Å². The summed E-state index contributed by atoms with van der Waals surface area (Å²) in [6.45, 7) is 0. The number of ketones is 2. The van der Waals surface area contributed by atoms with E-state index in [2.05, 4.69) is 4.98 Å². The minimum atomic E-state index is -0.236. The van der Waals surface area contributed by atoms with Gasteiger partial charge in [-0.15, -0.1) is 11.3 Å². The summed E-state index contributed by atoms with van der Waals surface area (Å²) in [6.07, 6.45) is 0. The van der Waals surface area contributed by atoms with E-state index in [4.69, 9.17) is 16.0 Å². The van der Waals surface area contributed by atoms with Crippen LogP contribution >= 0.6 is 22.9 Å². The second kappa shape index (κ2) is 4.38. The Hall–Kier alpha value is -2.24. The monoisotopic (exact) mass is 315 g/mol. The molecule has 6 heteroatoms. The van der Waals surface area contributed by atoms with Crippen molar-refractivity contribution >= 4 is 34.5 Å². The summed E-state index contributed by atoms with van der Waals surface area (Å²) in [4.78, 5) is 29.5. The lowest BCUT2D eigenvalue weighted by atomic mass is 9.91. The lowest BCUT2D eigenvalue weighted by molar-refractivity contribution is 0.0979. The number of thiazole rings is 1. The maximum Gasteiger partial charge on any atom is 0.213 e. The Morgan fingerprint density at radius 3 is 2.38 bits per heavy atom. The minimum Gasteiger partial charge on any atom is -0.442 e. The molecule has 0 atom stereocenters. The number of hydrogen-bond donors (Lipinski definition) is 0. The van der Waals surface area contributed by atoms with Crippen LogP contribution in [0.1, 0.15) is 31.3 Å². The van der Waals surface area contributed by atoms with E-state index in [1.807, 2.05) is 0 Å². The molecule has 1 aliphatic carbocycles. The molecule has 3 aromatic rings. The number of aromatic nitrogens is 1. The van der Waals surface area contributed by atoms with Gasteiger partial charge in [0.25, 0.3) is 0 Å². The fourth-order valence-electron chi connectivity index (χ4n) is 2.29. The van der Waals surface area contributed by atoms with Gasteiger partial charge in [0.2, 0.25) is 11.6 Å². The van der Waals surface area contributed by atoms with Gasteiger partial charge in [0.05, 0.1) is 0 Å². The lowest BCUT2D eigenvalue weighted by Gasteiger charge is -2.11. The zero-order valence-electron chi connectivity index (χ0n) is 10.4. The van der Waals surface area contributed by atoms with Gasteiger partial charge < -0.3 is 4.42 Å². The Morgan fingerprint density at radius 2 is 1.71 bits per heavy atom. The van der Waals surface area contributed by atoms with Gasteiger partial charge in [0.15, 0.2) is 16.0 Å². The van der Waals surface area contributed by atoms with Crippen LogP contribution in [-0.2, 0) is 0 Å². The van der Waals surface area contributed by atoms with Crippen LogP contribution in [0, 0.1) is 0 Å². The van der Waals surface area contributed by atoms with Crippen LogP contribution in [-0.4, -0.2) is 16.6 Å². The maximum atomic E-state index is 12.5. The van der Waals surface area contributed by atoms with Crippen molar-refractivity contribution in [2.24, 2.45) is 0 Å². The van der Waals surface area contributed by atoms with Crippen molar-refractivity contribution in [1.82, 2.24) is 4.98 Å². The summed E-state index contributed by atoms with van der Waals surface area (Å²) in [5.74, 6) is 0.0333. The Morgan fingerprint density at radius 1 is 1.00 bits per heavy atom. The molecule has 2 heterocycles. The third-order valence-electron chi connectivity index (χ3n) is 3.25. The summed E-state index contributed by atoms with van der Waals surface area (Å²) in [5.41, 5.74) is 0.998. The Labute approximate surface area is 128 Å². The molecule has 0 aliphatic heterocycles. The van der Waals surface area contributed by atoms with Crippen LogP contribution in [0.25, 0.3) is 10.8 Å². The highest BCUT2D eigenvalue weighted by Crippen LogP contribution is 2.36. The van der Waals surface area contributed by atoms with Crippen molar-refractivity contribution in [2.45, 2.75) is 0 Å². The fourth-order valence-corrected chi connectivity index (χ4v) is 3.42. The average Bonchev–Trinajstić information content (AvgIpc) is 3.11. The van der Waals surface area contributed by atoms with E-state index < -0.39 is 0 Å². The van der Waals surface area contributed by atoms with Gasteiger partial charge in [-0.25, -0.2) is 4.98 Å². The molecular formula is C15H6ClNO3S. The van der Waals surface area contributed by atoms with E-state index in [-0.39, 0.29) is 22.5 Å². The molecule has 0 bridgehead atoms. The number of benzene rings is 1. The molecule has 2 aromatic heterocycles. The zero-order chi connectivity index (χ0) is 14.6. The summed E-state index contributed by atoms with van der Waals surface area (Å²) < 4.78 is 5.29. The predicted molar refractivity (Wildman–Crippen MR) is 78.1 cm³/mol. The van der Waals surface area contributed by atoms with Gasteiger partial charge in [-0.05, 0) is 23.7 Å². The molecule has 0 spiro atoms. The van der Waals surface area contributed by atoms with Crippen molar-refractivity contribution in [3.8, 4) is 10.8 Å². The number of hydrogen-bond acceptors (Lipinski definition) is 5. The molecule has 0 amide bonds. The quantitative estimate of drug-likeness (QED) is 0.535. The molecule has 0 unspecified atom stereocenters. The third kappa shape index (κ3) is 1.78. The first-order chi connectivity index (χ1) is 10.1. The van der Waals surface area contributed by atoms with Crippen LogP contribution in [0.5, 0.6) is 0 Å². The van der Waals surface area contributed by atoms with Crippen molar-refractivity contribution in [2.75, 3.05) is 0 Å². The second-order valence-corrected chi connectivity index (χ2v) is 5.88. The number of halogens is 1. The van der Waals surface area contributed by atoms with E-state index in [1.165, 1.54) is 0 Å². The van der Waals surface area contributed by atoms with Crippen molar-refractivity contribution in [3.63, 3.8) is 0 Å². The molecule has 102 valence electrons. The standard InChI is InChI=1S/C15H6ClNO3S/c16-10-6-5-9(20-10)15-17-11-12(18)7-3-1-2-4-8(7)13(19)14(11)21-15/h1-6H. The number of furan rings is 1. The van der Waals surface area contributed by atoms with Crippen LogP contribution < -0.4 is 0 Å². The largest absolute Gasteiger partial charge is 0.442 e. The molecular weight excluding hydrogens is 310 g/mol.